The molecule has 266 valence electrons. The van der Waals surface area contributed by atoms with Gasteiger partial charge in [0.2, 0.25) is 5.91 Å². The van der Waals surface area contributed by atoms with Crippen molar-refractivity contribution in [2.45, 2.75) is 129 Å². The van der Waals surface area contributed by atoms with Crippen LogP contribution >= 0.6 is 0 Å². The normalized spacial score (nSPS) is 13.4. The lowest BCUT2D eigenvalue weighted by Crippen LogP contribution is -2.28. The van der Waals surface area contributed by atoms with Gasteiger partial charge in [0.1, 0.15) is 12.6 Å². The standard InChI is InChI=1S/C42H63NO5/c1-3-5-7-9-11-13-15-17-19-21-23-25-27-29-31-37-42(47)48-39(35-32-33-36-40(44)43-38-41(45)46)34-30-28-26-24-22-20-18-16-14-12-10-8-6-4-2/h5-8,11-14,17-20,23-26,30,34,39H,3-4,9-10,15-16,21-22,27-29,31-33,35-38H2,1-2H3,(H,43,44)(H,45,46)/b7-5-,8-6-,13-11-,14-12-,19-17-,20-18-,25-23-,26-24-,34-30-. The Labute approximate surface area is 291 Å². The fourth-order valence-corrected chi connectivity index (χ4v) is 4.33. The van der Waals surface area contributed by atoms with E-state index < -0.39 is 5.97 Å². The van der Waals surface area contributed by atoms with E-state index in [1.54, 1.807) is 0 Å². The summed E-state index contributed by atoms with van der Waals surface area (Å²) in [6.07, 6.45) is 52.1. The number of amides is 1. The van der Waals surface area contributed by atoms with Crippen LogP contribution in [0.25, 0.3) is 0 Å². The number of ether oxygens (including phenoxy) is 1. The van der Waals surface area contributed by atoms with Crippen LogP contribution < -0.4 is 5.32 Å². The van der Waals surface area contributed by atoms with Crippen LogP contribution in [0.2, 0.25) is 0 Å². The molecule has 0 aliphatic heterocycles. The van der Waals surface area contributed by atoms with Crippen molar-refractivity contribution in [3.63, 3.8) is 0 Å². The van der Waals surface area contributed by atoms with Gasteiger partial charge in [0.15, 0.2) is 0 Å². The number of hydrogen-bond acceptors (Lipinski definition) is 4. The second-order valence-corrected chi connectivity index (χ2v) is 11.4. The van der Waals surface area contributed by atoms with Crippen LogP contribution in [0.3, 0.4) is 0 Å². The van der Waals surface area contributed by atoms with Gasteiger partial charge in [-0.25, -0.2) is 0 Å². The van der Waals surface area contributed by atoms with E-state index in [1.165, 1.54) is 0 Å². The summed E-state index contributed by atoms with van der Waals surface area (Å²) >= 11 is 0. The Morgan fingerprint density at radius 3 is 1.48 bits per heavy atom. The molecule has 6 heteroatoms. The van der Waals surface area contributed by atoms with E-state index >= 15 is 0 Å². The number of carbonyl (C=O) groups excluding carboxylic acids is 2. The van der Waals surface area contributed by atoms with Crippen molar-refractivity contribution >= 4 is 17.8 Å². The molecule has 1 atom stereocenters. The minimum atomic E-state index is -1.06. The molecule has 0 radical (unpaired) electrons. The minimum absolute atomic E-state index is 0.204. The summed E-state index contributed by atoms with van der Waals surface area (Å²) in [7, 11) is 0. The van der Waals surface area contributed by atoms with Gasteiger partial charge < -0.3 is 15.2 Å². The van der Waals surface area contributed by atoms with Gasteiger partial charge in [-0.05, 0) is 102 Å². The molecule has 0 aromatic carbocycles. The molecule has 1 amide bonds. The van der Waals surface area contributed by atoms with Crippen molar-refractivity contribution in [3.05, 3.63) is 109 Å². The van der Waals surface area contributed by atoms with Gasteiger partial charge in [-0.2, -0.15) is 0 Å². The second-order valence-electron chi connectivity index (χ2n) is 11.4. The van der Waals surface area contributed by atoms with E-state index in [9.17, 15) is 14.4 Å². The molecule has 0 aliphatic rings. The van der Waals surface area contributed by atoms with Gasteiger partial charge >= 0.3 is 11.9 Å². The molecule has 0 rings (SSSR count). The van der Waals surface area contributed by atoms with Crippen molar-refractivity contribution in [1.29, 1.82) is 0 Å². The van der Waals surface area contributed by atoms with E-state index in [1.807, 2.05) is 12.2 Å². The number of aliphatic carboxylic acids is 1. The molecular weight excluding hydrogens is 598 g/mol. The second kappa shape index (κ2) is 35.9. The zero-order valence-electron chi connectivity index (χ0n) is 29.8. The van der Waals surface area contributed by atoms with Crippen LogP contribution in [-0.2, 0) is 19.1 Å². The Hall–Kier alpha value is -3.93. The van der Waals surface area contributed by atoms with Crippen molar-refractivity contribution < 1.29 is 24.2 Å². The van der Waals surface area contributed by atoms with Crippen LogP contribution in [-0.4, -0.2) is 35.6 Å². The van der Waals surface area contributed by atoms with Crippen LogP contribution in [0.5, 0.6) is 0 Å². The molecular formula is C42H63NO5. The molecule has 0 heterocycles. The molecule has 0 fully saturated rings. The number of rotatable bonds is 30. The summed E-state index contributed by atoms with van der Waals surface area (Å²) in [5.74, 6) is -1.55. The first-order chi connectivity index (χ1) is 23.5. The average molecular weight is 662 g/mol. The molecule has 0 bridgehead atoms. The highest BCUT2D eigenvalue weighted by Crippen LogP contribution is 2.12. The highest BCUT2D eigenvalue weighted by Gasteiger charge is 2.12. The zero-order valence-corrected chi connectivity index (χ0v) is 29.8. The Kier molecular flexibility index (Phi) is 33.0. The molecule has 0 aromatic rings. The summed E-state index contributed by atoms with van der Waals surface area (Å²) < 4.78 is 5.78. The first kappa shape index (κ1) is 44.1. The number of carboxylic acids is 1. The molecule has 0 aromatic heterocycles. The number of nitrogens with one attached hydrogen (secondary N) is 1. The summed E-state index contributed by atoms with van der Waals surface area (Å²) in [6.45, 7) is 3.90. The fourth-order valence-electron chi connectivity index (χ4n) is 4.33. The maximum Gasteiger partial charge on any atom is 0.322 e. The maximum absolute atomic E-state index is 12.6. The Bertz CT molecular complexity index is 1090. The van der Waals surface area contributed by atoms with E-state index in [2.05, 4.69) is 116 Å². The predicted molar refractivity (Wildman–Crippen MR) is 203 cm³/mol. The van der Waals surface area contributed by atoms with Crippen LogP contribution in [0.15, 0.2) is 109 Å². The van der Waals surface area contributed by atoms with Crippen molar-refractivity contribution in [1.82, 2.24) is 5.32 Å². The summed E-state index contributed by atoms with van der Waals surface area (Å²) in [5.41, 5.74) is 0. The monoisotopic (exact) mass is 661 g/mol. The van der Waals surface area contributed by atoms with Crippen molar-refractivity contribution in [2.75, 3.05) is 6.54 Å². The molecule has 2 N–H and O–H groups in total. The molecule has 0 spiro atoms. The van der Waals surface area contributed by atoms with Gasteiger partial charge in [-0.3, -0.25) is 14.4 Å². The van der Waals surface area contributed by atoms with E-state index in [0.29, 0.717) is 25.7 Å². The lowest BCUT2D eigenvalue weighted by molar-refractivity contribution is -0.147. The Morgan fingerprint density at radius 2 is 1.00 bits per heavy atom. The third kappa shape index (κ3) is 34.9. The zero-order chi connectivity index (χ0) is 35.2. The number of esters is 1. The third-order valence-corrected chi connectivity index (χ3v) is 6.92. The predicted octanol–water partition coefficient (Wildman–Crippen LogP) is 10.8. The first-order valence-electron chi connectivity index (χ1n) is 18.0. The van der Waals surface area contributed by atoms with Crippen molar-refractivity contribution in [3.8, 4) is 0 Å². The molecule has 48 heavy (non-hydrogen) atoms. The highest BCUT2D eigenvalue weighted by atomic mass is 16.5. The Balaban J connectivity index is 4.49. The SMILES string of the molecule is CC/C=C\C/C=C\C/C=C\C/C=C\C/C=C\C(CCCCC(=O)NCC(=O)O)OC(=O)CCCC/C=C\C/C=C\C/C=C\C/C=C\CC. The van der Waals surface area contributed by atoms with E-state index in [-0.39, 0.29) is 30.9 Å². The van der Waals surface area contributed by atoms with Crippen molar-refractivity contribution in [2.24, 2.45) is 0 Å². The highest BCUT2D eigenvalue weighted by molar-refractivity contribution is 5.80. The largest absolute Gasteiger partial charge is 0.480 e. The third-order valence-electron chi connectivity index (χ3n) is 6.92. The fraction of sp³-hybridized carbons (Fsp3) is 0.500. The van der Waals surface area contributed by atoms with Crippen LogP contribution in [0.1, 0.15) is 123 Å². The lowest BCUT2D eigenvalue weighted by Gasteiger charge is -2.14. The molecule has 1 unspecified atom stereocenters. The summed E-state index contributed by atoms with van der Waals surface area (Å²) in [5, 5.41) is 11.1. The number of carbonyl (C=O) groups is 3. The van der Waals surface area contributed by atoms with E-state index in [0.717, 1.165) is 77.0 Å². The van der Waals surface area contributed by atoms with Gasteiger partial charge in [0.05, 0.1) is 0 Å². The smallest absolute Gasteiger partial charge is 0.322 e. The quantitative estimate of drug-likeness (QED) is 0.0454. The van der Waals surface area contributed by atoms with Gasteiger partial charge in [-0.15, -0.1) is 0 Å². The van der Waals surface area contributed by atoms with Gasteiger partial charge in [-0.1, -0.05) is 117 Å². The van der Waals surface area contributed by atoms with Crippen LogP contribution in [0.4, 0.5) is 0 Å². The number of hydrogen-bond donors (Lipinski definition) is 2. The Morgan fingerprint density at radius 1 is 0.562 bits per heavy atom. The molecule has 6 nitrogen and oxygen atoms in total. The average Bonchev–Trinajstić information content (AvgIpc) is 3.07. The number of allylic oxidation sites excluding steroid dienone is 17. The summed E-state index contributed by atoms with van der Waals surface area (Å²) in [4.78, 5) is 35.0. The molecule has 0 saturated carbocycles. The topological polar surface area (TPSA) is 92.7 Å². The molecule has 0 aliphatic carbocycles. The number of unbranched alkanes of at least 4 members (excludes halogenated alkanes) is 3. The lowest BCUT2D eigenvalue weighted by atomic mass is 10.1. The molecule has 0 saturated heterocycles. The maximum atomic E-state index is 12.6. The summed E-state index contributed by atoms with van der Waals surface area (Å²) in [6, 6.07) is 0. The first-order valence-corrected chi connectivity index (χ1v) is 18.0. The van der Waals surface area contributed by atoms with Gasteiger partial charge in [0, 0.05) is 12.8 Å². The minimum Gasteiger partial charge on any atom is -0.480 e. The van der Waals surface area contributed by atoms with Crippen LogP contribution in [0, 0.1) is 0 Å². The van der Waals surface area contributed by atoms with Gasteiger partial charge in [0.25, 0.3) is 0 Å². The van der Waals surface area contributed by atoms with E-state index in [4.69, 9.17) is 9.84 Å². The number of carboxylic acid groups (broad SMARTS) is 1.